The normalized spacial score (nSPS) is 12.7. The molecule has 23 heavy (non-hydrogen) atoms. The molecule has 1 unspecified atom stereocenters. The van der Waals surface area contributed by atoms with Crippen LogP contribution < -0.4 is 14.8 Å². The largest absolute Gasteiger partial charge is 0.493 e. The molecule has 0 saturated carbocycles. The molecule has 5 nitrogen and oxygen atoms in total. The summed E-state index contributed by atoms with van der Waals surface area (Å²) in [5.74, 6) is 0.438. The van der Waals surface area contributed by atoms with Crippen LogP contribution >= 0.6 is 22.6 Å². The predicted molar refractivity (Wildman–Crippen MR) is 86.1 cm³/mol. The minimum Gasteiger partial charge on any atom is -0.493 e. The van der Waals surface area contributed by atoms with E-state index in [0.717, 1.165) is 0 Å². The summed E-state index contributed by atoms with van der Waals surface area (Å²) in [5, 5.41) is 2.58. The van der Waals surface area contributed by atoms with Crippen LogP contribution in [0.25, 0.3) is 0 Å². The standard InChI is InChI=1S/C14H17F3INO4/c1-8(6-23-7-14(15,16)17)19-13(20)9-4-11(21-2)12(22-3)5-10(9)18/h4-5,8H,6-7H2,1-3H3,(H,19,20). The molecule has 0 aromatic heterocycles. The number of hydrogen-bond donors (Lipinski definition) is 1. The van der Waals surface area contributed by atoms with Crippen molar-refractivity contribution in [1.82, 2.24) is 5.32 Å². The van der Waals surface area contributed by atoms with Gasteiger partial charge in [-0.3, -0.25) is 4.79 Å². The van der Waals surface area contributed by atoms with Crippen molar-refractivity contribution in [3.05, 3.63) is 21.3 Å². The van der Waals surface area contributed by atoms with Crippen molar-refractivity contribution in [3.8, 4) is 11.5 Å². The van der Waals surface area contributed by atoms with Crippen LogP contribution in [-0.2, 0) is 4.74 Å². The molecule has 0 aliphatic heterocycles. The number of carbonyl (C=O) groups is 1. The molecule has 1 aromatic rings. The van der Waals surface area contributed by atoms with Gasteiger partial charge in [0.05, 0.1) is 26.4 Å². The van der Waals surface area contributed by atoms with Crippen LogP contribution in [0.15, 0.2) is 12.1 Å². The van der Waals surface area contributed by atoms with Crippen molar-refractivity contribution in [3.63, 3.8) is 0 Å². The monoisotopic (exact) mass is 447 g/mol. The van der Waals surface area contributed by atoms with Gasteiger partial charge in [0, 0.05) is 9.61 Å². The molecule has 0 aliphatic rings. The van der Waals surface area contributed by atoms with E-state index in [1.165, 1.54) is 20.3 Å². The Kier molecular flexibility index (Phi) is 7.39. The Morgan fingerprint density at radius 2 is 1.83 bits per heavy atom. The van der Waals surface area contributed by atoms with Crippen molar-refractivity contribution in [1.29, 1.82) is 0 Å². The molecule has 9 heteroatoms. The lowest BCUT2D eigenvalue weighted by molar-refractivity contribution is -0.174. The van der Waals surface area contributed by atoms with E-state index >= 15 is 0 Å². The Bertz CT molecular complexity index is 552. The number of carbonyl (C=O) groups excluding carboxylic acids is 1. The zero-order valence-electron chi connectivity index (χ0n) is 12.8. The molecule has 0 spiro atoms. The summed E-state index contributed by atoms with van der Waals surface area (Å²) in [7, 11) is 2.92. The van der Waals surface area contributed by atoms with Gasteiger partial charge >= 0.3 is 6.18 Å². The van der Waals surface area contributed by atoms with Crippen molar-refractivity contribution in [2.45, 2.75) is 19.1 Å². The fraction of sp³-hybridized carbons (Fsp3) is 0.500. The Morgan fingerprint density at radius 3 is 2.35 bits per heavy atom. The van der Waals surface area contributed by atoms with Gasteiger partial charge in [-0.2, -0.15) is 13.2 Å². The van der Waals surface area contributed by atoms with Crippen molar-refractivity contribution in [2.75, 3.05) is 27.4 Å². The quantitative estimate of drug-likeness (QED) is 0.654. The van der Waals surface area contributed by atoms with Crippen molar-refractivity contribution >= 4 is 28.5 Å². The summed E-state index contributed by atoms with van der Waals surface area (Å²) < 4.78 is 51.4. The summed E-state index contributed by atoms with van der Waals surface area (Å²) in [4.78, 5) is 12.2. The van der Waals surface area contributed by atoms with E-state index in [1.807, 2.05) is 22.6 Å². The minimum atomic E-state index is -4.39. The first kappa shape index (κ1) is 19.8. The second kappa shape index (κ2) is 8.57. The Balaban J connectivity index is 2.70. The average molecular weight is 447 g/mol. The van der Waals surface area contributed by atoms with Gasteiger partial charge in [-0.05, 0) is 41.6 Å². The molecule has 0 radical (unpaired) electrons. The number of nitrogens with one attached hydrogen (secondary N) is 1. The lowest BCUT2D eigenvalue weighted by atomic mass is 10.1. The molecule has 130 valence electrons. The molecule has 0 saturated heterocycles. The van der Waals surface area contributed by atoms with Gasteiger partial charge in [-0.1, -0.05) is 0 Å². The molecular formula is C14H17F3INO4. The molecule has 1 amide bonds. The Labute approximate surface area is 145 Å². The predicted octanol–water partition coefficient (Wildman–Crippen LogP) is 3.01. The summed E-state index contributed by atoms with van der Waals surface area (Å²) in [6, 6.07) is 2.58. The maximum absolute atomic E-state index is 12.2. The lowest BCUT2D eigenvalue weighted by Crippen LogP contribution is -2.37. The molecule has 0 fully saturated rings. The van der Waals surface area contributed by atoms with Gasteiger partial charge in [0.15, 0.2) is 11.5 Å². The summed E-state index contributed by atoms with van der Waals surface area (Å²) in [6.45, 7) is -0.0296. The first-order valence-electron chi connectivity index (χ1n) is 6.54. The highest BCUT2D eigenvalue weighted by atomic mass is 127. The van der Waals surface area contributed by atoms with E-state index < -0.39 is 24.7 Å². The molecule has 0 aliphatic carbocycles. The van der Waals surface area contributed by atoms with Crippen LogP contribution in [0.1, 0.15) is 17.3 Å². The van der Waals surface area contributed by atoms with E-state index in [2.05, 4.69) is 10.1 Å². The molecule has 0 bridgehead atoms. The zero-order chi connectivity index (χ0) is 17.6. The number of methoxy groups -OCH3 is 2. The van der Waals surface area contributed by atoms with Crippen molar-refractivity contribution < 1.29 is 32.2 Å². The third-order valence-corrected chi connectivity index (χ3v) is 3.62. The molecule has 1 aromatic carbocycles. The minimum absolute atomic E-state index is 0.241. The highest BCUT2D eigenvalue weighted by molar-refractivity contribution is 14.1. The van der Waals surface area contributed by atoms with E-state index in [1.54, 1.807) is 13.0 Å². The van der Waals surface area contributed by atoms with E-state index in [0.29, 0.717) is 20.6 Å². The summed E-state index contributed by atoms with van der Waals surface area (Å²) >= 11 is 1.97. The maximum Gasteiger partial charge on any atom is 0.411 e. The SMILES string of the molecule is COc1cc(I)c(C(=O)NC(C)COCC(F)(F)F)cc1OC. The van der Waals surface area contributed by atoms with Crippen LogP contribution in [-0.4, -0.2) is 45.6 Å². The van der Waals surface area contributed by atoms with Gasteiger partial charge < -0.3 is 19.5 Å². The van der Waals surface area contributed by atoms with E-state index in [9.17, 15) is 18.0 Å². The van der Waals surface area contributed by atoms with Gasteiger partial charge in [0.2, 0.25) is 0 Å². The van der Waals surface area contributed by atoms with Crippen LogP contribution in [0.5, 0.6) is 11.5 Å². The Hall–Kier alpha value is -1.23. The second-order valence-electron chi connectivity index (χ2n) is 4.69. The highest BCUT2D eigenvalue weighted by Crippen LogP contribution is 2.31. The van der Waals surface area contributed by atoms with Crippen LogP contribution in [0.4, 0.5) is 13.2 Å². The highest BCUT2D eigenvalue weighted by Gasteiger charge is 2.27. The van der Waals surface area contributed by atoms with Crippen LogP contribution in [0.2, 0.25) is 0 Å². The van der Waals surface area contributed by atoms with E-state index in [-0.39, 0.29) is 6.61 Å². The number of amides is 1. The molecule has 0 heterocycles. The van der Waals surface area contributed by atoms with Gasteiger partial charge in [0.25, 0.3) is 5.91 Å². The number of ether oxygens (including phenoxy) is 3. The number of alkyl halides is 3. The first-order chi connectivity index (χ1) is 10.7. The zero-order valence-corrected chi connectivity index (χ0v) is 14.9. The molecular weight excluding hydrogens is 430 g/mol. The topological polar surface area (TPSA) is 56.8 Å². The number of halogens is 4. The van der Waals surface area contributed by atoms with Crippen LogP contribution in [0, 0.1) is 3.57 Å². The van der Waals surface area contributed by atoms with Gasteiger partial charge in [-0.15, -0.1) is 0 Å². The lowest BCUT2D eigenvalue weighted by Gasteiger charge is -2.17. The third-order valence-electron chi connectivity index (χ3n) is 2.73. The van der Waals surface area contributed by atoms with Gasteiger partial charge in [0.1, 0.15) is 6.61 Å². The maximum atomic E-state index is 12.2. The van der Waals surface area contributed by atoms with Crippen molar-refractivity contribution in [2.24, 2.45) is 0 Å². The van der Waals surface area contributed by atoms with Crippen LogP contribution in [0.3, 0.4) is 0 Å². The molecule has 1 atom stereocenters. The summed E-state index contributed by atoms with van der Waals surface area (Å²) in [6.07, 6.45) is -4.39. The van der Waals surface area contributed by atoms with Gasteiger partial charge in [-0.25, -0.2) is 0 Å². The number of benzene rings is 1. The first-order valence-corrected chi connectivity index (χ1v) is 7.62. The fourth-order valence-electron chi connectivity index (χ4n) is 1.72. The molecule has 1 N–H and O–H groups in total. The third kappa shape index (κ3) is 6.42. The Morgan fingerprint density at radius 1 is 1.26 bits per heavy atom. The van der Waals surface area contributed by atoms with E-state index in [4.69, 9.17) is 9.47 Å². The fourth-order valence-corrected chi connectivity index (χ4v) is 2.41. The number of hydrogen-bond acceptors (Lipinski definition) is 4. The smallest absolute Gasteiger partial charge is 0.411 e. The average Bonchev–Trinajstić information content (AvgIpc) is 2.45. The molecule has 1 rings (SSSR count). The summed E-state index contributed by atoms with van der Waals surface area (Å²) in [5.41, 5.74) is 0.339. The number of rotatable bonds is 7. The second-order valence-corrected chi connectivity index (χ2v) is 5.85.